The number of hydrogen-bond donors (Lipinski definition) is 2. The number of nitrogens with one attached hydrogen (secondary N) is 1. The fraction of sp³-hybridized carbons (Fsp3) is 0.533. The Hall–Kier alpha value is -1.39. The summed E-state index contributed by atoms with van der Waals surface area (Å²) in [7, 11) is 0. The van der Waals surface area contributed by atoms with E-state index in [1.54, 1.807) is 0 Å². The molecule has 0 saturated carbocycles. The number of likely N-dealkylation sites (tertiary alicyclic amines) is 1. The van der Waals surface area contributed by atoms with Crippen LogP contribution < -0.4 is 5.32 Å². The van der Waals surface area contributed by atoms with Crippen molar-refractivity contribution in [3.05, 3.63) is 35.9 Å². The van der Waals surface area contributed by atoms with Gasteiger partial charge < -0.3 is 15.3 Å². The van der Waals surface area contributed by atoms with Gasteiger partial charge in [0, 0.05) is 25.3 Å². The van der Waals surface area contributed by atoms with Crippen LogP contribution in [0.15, 0.2) is 30.3 Å². The molecule has 1 fully saturated rings. The van der Waals surface area contributed by atoms with Crippen LogP contribution in [-0.4, -0.2) is 48.7 Å². The number of aliphatic hydroxyl groups is 1. The molecule has 1 aliphatic rings. The van der Waals surface area contributed by atoms with Gasteiger partial charge >= 0.3 is 0 Å². The molecular weight excluding hydrogens is 240 g/mol. The maximum Gasteiger partial charge on any atom is 0.251 e. The van der Waals surface area contributed by atoms with E-state index in [1.165, 1.54) is 0 Å². The summed E-state index contributed by atoms with van der Waals surface area (Å²) in [5, 5.41) is 12.0. The average Bonchev–Trinajstić information content (AvgIpc) is 2.49. The first-order chi connectivity index (χ1) is 9.29. The Morgan fingerprint density at radius 2 is 1.95 bits per heavy atom. The Kier molecular flexibility index (Phi) is 5.36. The number of rotatable bonds is 5. The number of benzene rings is 1. The van der Waals surface area contributed by atoms with Crippen LogP contribution in [0, 0.1) is 5.92 Å². The van der Waals surface area contributed by atoms with Crippen LogP contribution in [0.1, 0.15) is 23.2 Å². The Bertz CT molecular complexity index is 386. The lowest BCUT2D eigenvalue weighted by atomic mass is 9.98. The Balaban J connectivity index is 1.66. The molecule has 0 atom stereocenters. The molecule has 1 heterocycles. The van der Waals surface area contributed by atoms with Crippen LogP contribution in [-0.2, 0) is 0 Å². The summed E-state index contributed by atoms with van der Waals surface area (Å²) in [6.07, 6.45) is 2.12. The van der Waals surface area contributed by atoms with Crippen LogP contribution in [0.4, 0.5) is 0 Å². The standard InChI is InChI=1S/C15H22N2O2/c18-12-13-6-9-17(10-7-13)11-8-16-15(19)14-4-2-1-3-5-14/h1-5,13,18H,6-12H2,(H,16,19). The molecule has 4 nitrogen and oxygen atoms in total. The van der Waals surface area contributed by atoms with Crippen LogP contribution in [0.3, 0.4) is 0 Å². The summed E-state index contributed by atoms with van der Waals surface area (Å²) in [5.74, 6) is 0.459. The summed E-state index contributed by atoms with van der Waals surface area (Å²) >= 11 is 0. The van der Waals surface area contributed by atoms with Gasteiger partial charge in [0.1, 0.15) is 0 Å². The minimum atomic E-state index is -0.00848. The molecule has 4 heteroatoms. The lowest BCUT2D eigenvalue weighted by molar-refractivity contribution is 0.0939. The van der Waals surface area contributed by atoms with Gasteiger partial charge in [-0.25, -0.2) is 0 Å². The third kappa shape index (κ3) is 4.33. The quantitative estimate of drug-likeness (QED) is 0.836. The zero-order chi connectivity index (χ0) is 13.5. The number of carbonyl (C=O) groups excluding carboxylic acids is 1. The van der Waals surface area contributed by atoms with Gasteiger partial charge in [-0.1, -0.05) is 18.2 Å². The zero-order valence-corrected chi connectivity index (χ0v) is 11.2. The molecule has 0 radical (unpaired) electrons. The largest absolute Gasteiger partial charge is 0.396 e. The topological polar surface area (TPSA) is 52.6 Å². The highest BCUT2D eigenvalue weighted by atomic mass is 16.3. The first kappa shape index (κ1) is 14.0. The van der Waals surface area contributed by atoms with E-state index in [-0.39, 0.29) is 5.91 Å². The zero-order valence-electron chi connectivity index (χ0n) is 11.2. The molecule has 0 unspecified atom stereocenters. The van der Waals surface area contributed by atoms with Gasteiger partial charge in [0.2, 0.25) is 0 Å². The van der Waals surface area contributed by atoms with Crippen molar-refractivity contribution in [3.63, 3.8) is 0 Å². The Labute approximate surface area is 114 Å². The summed E-state index contributed by atoms with van der Waals surface area (Å²) < 4.78 is 0. The molecule has 19 heavy (non-hydrogen) atoms. The van der Waals surface area contributed by atoms with E-state index in [4.69, 9.17) is 5.11 Å². The van der Waals surface area contributed by atoms with Crippen molar-refractivity contribution in [1.82, 2.24) is 10.2 Å². The Morgan fingerprint density at radius 1 is 1.26 bits per heavy atom. The monoisotopic (exact) mass is 262 g/mol. The third-order valence-corrected chi connectivity index (χ3v) is 3.71. The van der Waals surface area contributed by atoms with Crippen molar-refractivity contribution in [3.8, 4) is 0 Å². The van der Waals surface area contributed by atoms with E-state index in [0.717, 1.165) is 32.5 Å². The maximum atomic E-state index is 11.8. The van der Waals surface area contributed by atoms with Gasteiger partial charge in [-0.2, -0.15) is 0 Å². The van der Waals surface area contributed by atoms with Gasteiger partial charge in [0.25, 0.3) is 5.91 Å². The fourth-order valence-electron chi connectivity index (χ4n) is 2.41. The molecule has 0 bridgehead atoms. The number of carbonyl (C=O) groups is 1. The van der Waals surface area contributed by atoms with Crippen molar-refractivity contribution in [2.24, 2.45) is 5.92 Å². The van der Waals surface area contributed by atoms with Crippen LogP contribution in [0.2, 0.25) is 0 Å². The second-order valence-corrected chi connectivity index (χ2v) is 5.09. The van der Waals surface area contributed by atoms with E-state index in [0.29, 0.717) is 24.6 Å². The lowest BCUT2D eigenvalue weighted by Crippen LogP contribution is -2.40. The van der Waals surface area contributed by atoms with Crippen molar-refractivity contribution in [2.45, 2.75) is 12.8 Å². The highest BCUT2D eigenvalue weighted by molar-refractivity contribution is 5.94. The second-order valence-electron chi connectivity index (χ2n) is 5.09. The second kappa shape index (κ2) is 7.26. The predicted molar refractivity (Wildman–Crippen MR) is 75.0 cm³/mol. The normalized spacial score (nSPS) is 17.3. The van der Waals surface area contributed by atoms with Gasteiger partial charge in [0.15, 0.2) is 0 Å². The van der Waals surface area contributed by atoms with E-state index in [1.807, 2.05) is 30.3 Å². The van der Waals surface area contributed by atoms with Crippen LogP contribution >= 0.6 is 0 Å². The number of aliphatic hydroxyl groups excluding tert-OH is 1. The van der Waals surface area contributed by atoms with Gasteiger partial charge in [-0.05, 0) is 44.0 Å². The van der Waals surface area contributed by atoms with E-state index in [9.17, 15) is 4.79 Å². The molecule has 1 amide bonds. The lowest BCUT2D eigenvalue weighted by Gasteiger charge is -2.30. The van der Waals surface area contributed by atoms with Crippen molar-refractivity contribution >= 4 is 5.91 Å². The fourth-order valence-corrected chi connectivity index (χ4v) is 2.41. The molecule has 0 aliphatic carbocycles. The molecule has 1 aliphatic heterocycles. The van der Waals surface area contributed by atoms with Crippen LogP contribution in [0.25, 0.3) is 0 Å². The van der Waals surface area contributed by atoms with Gasteiger partial charge in [-0.3, -0.25) is 4.79 Å². The summed E-state index contributed by atoms with van der Waals surface area (Å²) in [5.41, 5.74) is 0.710. The number of hydrogen-bond acceptors (Lipinski definition) is 3. The predicted octanol–water partition coefficient (Wildman–Crippen LogP) is 1.12. The maximum absolute atomic E-state index is 11.8. The van der Waals surface area contributed by atoms with Crippen LogP contribution in [0.5, 0.6) is 0 Å². The first-order valence-electron chi connectivity index (χ1n) is 6.96. The molecule has 1 aromatic rings. The van der Waals surface area contributed by atoms with Gasteiger partial charge in [0.05, 0.1) is 0 Å². The summed E-state index contributed by atoms with van der Waals surface area (Å²) in [6, 6.07) is 9.29. The highest BCUT2D eigenvalue weighted by Crippen LogP contribution is 2.15. The van der Waals surface area contributed by atoms with E-state index < -0.39 is 0 Å². The molecule has 0 aromatic heterocycles. The van der Waals surface area contributed by atoms with Crippen molar-refractivity contribution < 1.29 is 9.90 Å². The molecular formula is C15H22N2O2. The van der Waals surface area contributed by atoms with Gasteiger partial charge in [-0.15, -0.1) is 0 Å². The molecule has 2 N–H and O–H groups in total. The molecule has 104 valence electrons. The summed E-state index contributed by atoms with van der Waals surface area (Å²) in [4.78, 5) is 14.2. The Morgan fingerprint density at radius 3 is 2.58 bits per heavy atom. The van der Waals surface area contributed by atoms with E-state index >= 15 is 0 Å². The summed E-state index contributed by atoms with van der Waals surface area (Å²) in [6.45, 7) is 3.91. The van der Waals surface area contributed by atoms with Crippen molar-refractivity contribution in [2.75, 3.05) is 32.8 Å². The first-order valence-corrected chi connectivity index (χ1v) is 6.96. The third-order valence-electron chi connectivity index (χ3n) is 3.71. The molecule has 2 rings (SSSR count). The number of piperidine rings is 1. The molecule has 1 saturated heterocycles. The van der Waals surface area contributed by atoms with Crippen molar-refractivity contribution in [1.29, 1.82) is 0 Å². The minimum absolute atomic E-state index is 0.00848. The molecule has 1 aromatic carbocycles. The SMILES string of the molecule is O=C(NCCN1CCC(CO)CC1)c1ccccc1. The molecule has 0 spiro atoms. The highest BCUT2D eigenvalue weighted by Gasteiger charge is 2.17. The number of nitrogens with zero attached hydrogens (tertiary/aromatic N) is 1. The minimum Gasteiger partial charge on any atom is -0.396 e. The number of amides is 1. The van der Waals surface area contributed by atoms with E-state index in [2.05, 4.69) is 10.2 Å². The smallest absolute Gasteiger partial charge is 0.251 e. The average molecular weight is 262 g/mol.